The number of hydrogen-bond donors (Lipinski definition) is 1. The van der Waals surface area contributed by atoms with E-state index in [0.29, 0.717) is 5.75 Å². The largest absolute Gasteiger partial charge is 0.497 e. The van der Waals surface area contributed by atoms with Gasteiger partial charge in [-0.05, 0) is 12.1 Å². The number of methoxy groups -OCH3 is 2. The van der Waals surface area contributed by atoms with Gasteiger partial charge in [0, 0.05) is 13.1 Å². The normalized spacial score (nSPS) is 23.9. The summed E-state index contributed by atoms with van der Waals surface area (Å²) < 4.78 is 59.8. The molecule has 1 heterocycles. The van der Waals surface area contributed by atoms with E-state index < -0.39 is 43.5 Å². The topological polar surface area (TPSA) is 110 Å². The first kappa shape index (κ1) is 18.0. The van der Waals surface area contributed by atoms with Crippen LogP contribution in [0.5, 0.6) is 11.5 Å². The van der Waals surface area contributed by atoms with Gasteiger partial charge in [0.25, 0.3) is 0 Å². The highest BCUT2D eigenvalue weighted by Crippen LogP contribution is 2.32. The molecule has 1 fully saturated rings. The first-order valence-electron chi connectivity index (χ1n) is 6.71. The smallest absolute Gasteiger partial charge is 0.247 e. The molecule has 0 bridgehead atoms. The summed E-state index contributed by atoms with van der Waals surface area (Å²) >= 11 is 0. The molecule has 10 heteroatoms. The molecule has 1 N–H and O–H groups in total. The molecule has 1 aromatic rings. The molecule has 8 nitrogen and oxygen atoms in total. The van der Waals surface area contributed by atoms with Crippen LogP contribution in [0.2, 0.25) is 0 Å². The predicted octanol–water partition coefficient (Wildman–Crippen LogP) is -0.518. The van der Waals surface area contributed by atoms with E-state index in [2.05, 4.69) is 0 Å². The van der Waals surface area contributed by atoms with Crippen molar-refractivity contribution in [1.82, 2.24) is 4.31 Å². The molecule has 1 saturated heterocycles. The van der Waals surface area contributed by atoms with Crippen molar-refractivity contribution < 1.29 is 31.4 Å². The molecule has 1 aromatic carbocycles. The molecular formula is C13H19NO7S2. The van der Waals surface area contributed by atoms with Crippen LogP contribution >= 0.6 is 0 Å². The third-order valence-corrected chi connectivity index (χ3v) is 7.39. The lowest BCUT2D eigenvalue weighted by atomic mass is 10.2. The molecule has 0 unspecified atom stereocenters. The van der Waals surface area contributed by atoms with Gasteiger partial charge in [-0.1, -0.05) is 0 Å². The second kappa shape index (κ2) is 6.27. The fourth-order valence-electron chi connectivity index (χ4n) is 2.48. The van der Waals surface area contributed by atoms with Crippen LogP contribution in [0.3, 0.4) is 0 Å². The van der Waals surface area contributed by atoms with E-state index in [1.807, 2.05) is 0 Å². The van der Waals surface area contributed by atoms with Crippen molar-refractivity contribution in [2.75, 3.05) is 32.8 Å². The highest BCUT2D eigenvalue weighted by atomic mass is 32.2. The van der Waals surface area contributed by atoms with Crippen molar-refractivity contribution >= 4 is 19.9 Å². The maximum absolute atomic E-state index is 12.8. The summed E-state index contributed by atoms with van der Waals surface area (Å²) in [4.78, 5) is -0.154. The quantitative estimate of drug-likeness (QED) is 0.748. The Morgan fingerprint density at radius 2 is 1.87 bits per heavy atom. The van der Waals surface area contributed by atoms with Gasteiger partial charge in [0.15, 0.2) is 9.84 Å². The van der Waals surface area contributed by atoms with Crippen LogP contribution in [-0.4, -0.2) is 71.2 Å². The number of sulfone groups is 1. The lowest BCUT2D eigenvalue weighted by molar-refractivity contribution is 0.137. The molecule has 130 valence electrons. The fraction of sp³-hybridized carbons (Fsp3) is 0.538. The van der Waals surface area contributed by atoms with Crippen LogP contribution in [0, 0.1) is 0 Å². The maximum atomic E-state index is 12.8. The zero-order valence-electron chi connectivity index (χ0n) is 13.0. The van der Waals surface area contributed by atoms with Gasteiger partial charge < -0.3 is 14.6 Å². The van der Waals surface area contributed by atoms with Gasteiger partial charge in [0.2, 0.25) is 10.0 Å². The van der Waals surface area contributed by atoms with Crippen LogP contribution in [-0.2, 0) is 19.9 Å². The molecular weight excluding hydrogens is 346 g/mol. The Hall–Kier alpha value is -1.36. The molecule has 0 spiro atoms. The van der Waals surface area contributed by atoms with E-state index in [1.165, 1.54) is 33.4 Å². The number of likely N-dealkylation sites (N-methyl/N-ethyl adjacent to an activating group) is 1. The van der Waals surface area contributed by atoms with Crippen molar-refractivity contribution in [2.24, 2.45) is 0 Å². The van der Waals surface area contributed by atoms with Gasteiger partial charge in [-0.3, -0.25) is 0 Å². The van der Waals surface area contributed by atoms with E-state index in [4.69, 9.17) is 9.47 Å². The Kier molecular flexibility index (Phi) is 4.90. The zero-order valence-corrected chi connectivity index (χ0v) is 14.6. The Balaban J connectivity index is 2.46. The minimum absolute atomic E-state index is 0.105. The average Bonchev–Trinajstić information content (AvgIpc) is 2.78. The summed E-state index contributed by atoms with van der Waals surface area (Å²) in [6, 6.07) is 3.25. The number of hydrogen-bond acceptors (Lipinski definition) is 7. The summed E-state index contributed by atoms with van der Waals surface area (Å²) in [5.74, 6) is -0.450. The van der Waals surface area contributed by atoms with Gasteiger partial charge in [0.1, 0.15) is 16.4 Å². The molecule has 0 aromatic heterocycles. The Morgan fingerprint density at radius 1 is 1.22 bits per heavy atom. The lowest BCUT2D eigenvalue weighted by Gasteiger charge is -2.26. The maximum Gasteiger partial charge on any atom is 0.247 e. The molecule has 1 aliphatic rings. The van der Waals surface area contributed by atoms with E-state index in [0.717, 1.165) is 4.31 Å². The van der Waals surface area contributed by atoms with E-state index in [9.17, 15) is 21.9 Å². The van der Waals surface area contributed by atoms with Gasteiger partial charge >= 0.3 is 0 Å². The van der Waals surface area contributed by atoms with Crippen molar-refractivity contribution in [1.29, 1.82) is 0 Å². The first-order chi connectivity index (χ1) is 10.6. The van der Waals surface area contributed by atoms with Crippen LogP contribution in [0.25, 0.3) is 0 Å². The van der Waals surface area contributed by atoms with Gasteiger partial charge in [-0.2, -0.15) is 4.31 Å². The lowest BCUT2D eigenvalue weighted by Crippen LogP contribution is -2.44. The summed E-state index contributed by atoms with van der Waals surface area (Å²) in [5, 5.41) is 9.89. The number of ether oxygens (including phenoxy) is 2. The van der Waals surface area contributed by atoms with Crippen LogP contribution in [0.15, 0.2) is 23.1 Å². The van der Waals surface area contributed by atoms with Crippen LogP contribution in [0.1, 0.15) is 0 Å². The number of benzene rings is 1. The molecule has 0 amide bonds. The molecule has 0 aliphatic carbocycles. The van der Waals surface area contributed by atoms with Gasteiger partial charge in [0.05, 0.1) is 37.9 Å². The highest BCUT2D eigenvalue weighted by Gasteiger charge is 2.43. The monoisotopic (exact) mass is 365 g/mol. The minimum Gasteiger partial charge on any atom is -0.497 e. The average molecular weight is 365 g/mol. The predicted molar refractivity (Wildman–Crippen MR) is 82.9 cm³/mol. The van der Waals surface area contributed by atoms with Crippen LogP contribution in [0.4, 0.5) is 0 Å². The minimum atomic E-state index is -4.08. The summed E-state index contributed by atoms with van der Waals surface area (Å²) in [7, 11) is -3.58. The molecule has 23 heavy (non-hydrogen) atoms. The number of aliphatic hydroxyl groups is 1. The number of sulfonamides is 1. The SMILES string of the molecule is COc1ccc(OC)c(S(=O)(=O)N(C)[C@H]2CS(=O)(=O)C[C@H]2O)c1. The van der Waals surface area contributed by atoms with Crippen molar-refractivity contribution in [2.45, 2.75) is 17.0 Å². The van der Waals surface area contributed by atoms with Crippen molar-refractivity contribution in [3.05, 3.63) is 18.2 Å². The zero-order chi connectivity index (χ0) is 17.4. The summed E-state index contributed by atoms with van der Waals surface area (Å²) in [5.41, 5.74) is 0. The standard InChI is InChI=1S/C13H19NO7S2/c1-14(10-7-22(16,17)8-11(10)15)23(18,19)13-6-9(20-2)4-5-12(13)21-3/h4-6,10-11,15H,7-8H2,1-3H3/t10-,11+/m0/s1. The fourth-order valence-corrected chi connectivity index (χ4v) is 5.97. The highest BCUT2D eigenvalue weighted by molar-refractivity contribution is 7.92. The molecule has 2 rings (SSSR count). The third kappa shape index (κ3) is 3.44. The number of nitrogens with zero attached hydrogens (tertiary/aromatic N) is 1. The van der Waals surface area contributed by atoms with Crippen molar-refractivity contribution in [3.8, 4) is 11.5 Å². The van der Waals surface area contributed by atoms with Crippen LogP contribution < -0.4 is 9.47 Å². The number of rotatable bonds is 5. The Bertz CT molecular complexity index is 789. The molecule has 1 aliphatic heterocycles. The first-order valence-corrected chi connectivity index (χ1v) is 9.97. The van der Waals surface area contributed by atoms with E-state index in [1.54, 1.807) is 6.07 Å². The van der Waals surface area contributed by atoms with E-state index >= 15 is 0 Å². The second-order valence-electron chi connectivity index (χ2n) is 5.25. The number of aliphatic hydroxyl groups excluding tert-OH is 1. The second-order valence-corrected chi connectivity index (χ2v) is 9.37. The Labute approximate surface area is 135 Å². The van der Waals surface area contributed by atoms with Gasteiger partial charge in [-0.25, -0.2) is 16.8 Å². The molecule has 0 saturated carbocycles. The third-order valence-electron chi connectivity index (χ3n) is 3.79. The van der Waals surface area contributed by atoms with E-state index in [-0.39, 0.29) is 10.6 Å². The summed E-state index contributed by atoms with van der Waals surface area (Å²) in [6.07, 6.45) is -1.27. The van der Waals surface area contributed by atoms with Gasteiger partial charge in [-0.15, -0.1) is 0 Å². The van der Waals surface area contributed by atoms with Crippen molar-refractivity contribution in [3.63, 3.8) is 0 Å². The molecule has 2 atom stereocenters. The summed E-state index contributed by atoms with van der Waals surface area (Å²) in [6.45, 7) is 0. The molecule has 0 radical (unpaired) electrons. The Morgan fingerprint density at radius 3 is 2.35 bits per heavy atom.